The zero-order valence-corrected chi connectivity index (χ0v) is 9.82. The van der Waals surface area contributed by atoms with E-state index in [1.807, 2.05) is 6.92 Å². The first kappa shape index (κ1) is 13.4. The Morgan fingerprint density at radius 2 is 2.24 bits per heavy atom. The summed E-state index contributed by atoms with van der Waals surface area (Å²) in [6.45, 7) is 2.77. The number of aliphatic hydroxyl groups is 1. The van der Waals surface area contributed by atoms with Crippen molar-refractivity contribution in [2.45, 2.75) is 13.3 Å². The molecule has 0 bridgehead atoms. The number of aliphatic hydroxyl groups excluding tert-OH is 1. The molecule has 1 aromatic rings. The van der Waals surface area contributed by atoms with E-state index in [1.54, 1.807) is 0 Å². The van der Waals surface area contributed by atoms with Gasteiger partial charge in [0.05, 0.1) is 11.3 Å². The lowest BCUT2D eigenvalue weighted by atomic mass is 10.1. The van der Waals surface area contributed by atoms with Crippen molar-refractivity contribution in [3.05, 3.63) is 29.6 Å². The molecule has 94 valence electrons. The highest BCUT2D eigenvalue weighted by Gasteiger charge is 2.17. The van der Waals surface area contributed by atoms with Gasteiger partial charge in [-0.1, -0.05) is 6.07 Å². The van der Waals surface area contributed by atoms with E-state index in [0.29, 0.717) is 19.5 Å². The smallest absolute Gasteiger partial charge is 0.256 e. The maximum Gasteiger partial charge on any atom is 0.256 e. The van der Waals surface area contributed by atoms with Crippen LogP contribution in [0.4, 0.5) is 10.1 Å². The van der Waals surface area contributed by atoms with E-state index in [9.17, 15) is 9.18 Å². The number of carbonyl (C=O) groups excluding carboxylic acids is 1. The Morgan fingerprint density at radius 3 is 2.82 bits per heavy atom. The van der Waals surface area contributed by atoms with Gasteiger partial charge in [0, 0.05) is 19.7 Å². The molecule has 5 heteroatoms. The predicted octanol–water partition coefficient (Wildman–Crippen LogP) is 1.25. The van der Waals surface area contributed by atoms with Crippen LogP contribution < -0.4 is 5.73 Å². The van der Waals surface area contributed by atoms with E-state index in [0.717, 1.165) is 0 Å². The molecule has 0 radical (unpaired) electrons. The second-order valence-electron chi connectivity index (χ2n) is 3.66. The van der Waals surface area contributed by atoms with E-state index in [-0.39, 0.29) is 23.8 Å². The van der Waals surface area contributed by atoms with Gasteiger partial charge < -0.3 is 15.7 Å². The number of para-hydroxylation sites is 1. The van der Waals surface area contributed by atoms with Crippen molar-refractivity contribution in [1.82, 2.24) is 4.90 Å². The molecule has 0 fully saturated rings. The fourth-order valence-electron chi connectivity index (χ4n) is 1.56. The summed E-state index contributed by atoms with van der Waals surface area (Å²) in [5.41, 5.74) is 5.58. The molecule has 3 N–H and O–H groups in total. The Kier molecular flexibility index (Phi) is 4.90. The van der Waals surface area contributed by atoms with Gasteiger partial charge in [0.25, 0.3) is 5.91 Å². The molecule has 0 unspecified atom stereocenters. The number of carbonyl (C=O) groups is 1. The summed E-state index contributed by atoms with van der Waals surface area (Å²) in [6.07, 6.45) is 0.495. The highest BCUT2D eigenvalue weighted by atomic mass is 19.1. The predicted molar refractivity (Wildman–Crippen MR) is 64.1 cm³/mol. The number of rotatable bonds is 5. The molecular formula is C12H17FN2O2. The number of amides is 1. The molecule has 1 rings (SSSR count). The molecule has 0 atom stereocenters. The molecule has 0 aliphatic heterocycles. The number of hydrogen-bond donors (Lipinski definition) is 2. The number of halogens is 1. The number of nitrogens with two attached hydrogens (primary N) is 1. The van der Waals surface area contributed by atoms with Crippen LogP contribution in [0, 0.1) is 5.82 Å². The minimum Gasteiger partial charge on any atom is -0.396 e. The van der Waals surface area contributed by atoms with E-state index in [1.165, 1.54) is 23.1 Å². The summed E-state index contributed by atoms with van der Waals surface area (Å²) in [5.74, 6) is -0.896. The number of nitrogens with zero attached hydrogens (tertiary/aromatic N) is 1. The van der Waals surface area contributed by atoms with Crippen LogP contribution in [-0.4, -0.2) is 35.6 Å². The van der Waals surface area contributed by atoms with Gasteiger partial charge in [0.2, 0.25) is 0 Å². The molecule has 0 saturated carbocycles. The Bertz CT molecular complexity index is 396. The van der Waals surface area contributed by atoms with Gasteiger partial charge in [0.15, 0.2) is 0 Å². The lowest BCUT2D eigenvalue weighted by Gasteiger charge is -2.21. The molecule has 0 aliphatic carbocycles. The maximum atomic E-state index is 13.2. The molecule has 0 aromatic heterocycles. The first-order valence-corrected chi connectivity index (χ1v) is 5.56. The third-order valence-electron chi connectivity index (χ3n) is 2.54. The van der Waals surface area contributed by atoms with Crippen LogP contribution in [0.3, 0.4) is 0 Å². The molecule has 0 heterocycles. The summed E-state index contributed by atoms with van der Waals surface area (Å²) in [7, 11) is 0. The summed E-state index contributed by atoms with van der Waals surface area (Å²) in [4.78, 5) is 13.6. The third kappa shape index (κ3) is 3.17. The topological polar surface area (TPSA) is 66.6 Å². The average molecular weight is 240 g/mol. The van der Waals surface area contributed by atoms with Crippen LogP contribution in [0.1, 0.15) is 23.7 Å². The van der Waals surface area contributed by atoms with Crippen LogP contribution in [0.25, 0.3) is 0 Å². The largest absolute Gasteiger partial charge is 0.396 e. The van der Waals surface area contributed by atoms with Gasteiger partial charge in [-0.2, -0.15) is 0 Å². The number of benzene rings is 1. The monoisotopic (exact) mass is 240 g/mol. The number of nitrogen functional groups attached to an aromatic ring is 1. The van der Waals surface area contributed by atoms with Crippen molar-refractivity contribution >= 4 is 11.6 Å². The standard InChI is InChI=1S/C12H17FN2O2/c1-2-15(7-4-8-16)12(17)9-5-3-6-10(13)11(9)14/h3,5-6,16H,2,4,7-8,14H2,1H3. The van der Waals surface area contributed by atoms with E-state index >= 15 is 0 Å². The van der Waals surface area contributed by atoms with Gasteiger partial charge >= 0.3 is 0 Å². The zero-order chi connectivity index (χ0) is 12.8. The van der Waals surface area contributed by atoms with Crippen molar-refractivity contribution in [1.29, 1.82) is 0 Å². The van der Waals surface area contributed by atoms with Crippen molar-refractivity contribution < 1.29 is 14.3 Å². The van der Waals surface area contributed by atoms with E-state index in [4.69, 9.17) is 10.8 Å². The fourth-order valence-corrected chi connectivity index (χ4v) is 1.56. The van der Waals surface area contributed by atoms with Crippen LogP contribution >= 0.6 is 0 Å². The van der Waals surface area contributed by atoms with Crippen molar-refractivity contribution in [3.63, 3.8) is 0 Å². The Hall–Kier alpha value is -1.62. The molecule has 4 nitrogen and oxygen atoms in total. The van der Waals surface area contributed by atoms with Gasteiger partial charge in [-0.15, -0.1) is 0 Å². The SMILES string of the molecule is CCN(CCCO)C(=O)c1cccc(F)c1N. The maximum absolute atomic E-state index is 13.2. The van der Waals surface area contributed by atoms with E-state index in [2.05, 4.69) is 0 Å². The second-order valence-corrected chi connectivity index (χ2v) is 3.66. The Labute approximate surface area is 99.8 Å². The van der Waals surface area contributed by atoms with Gasteiger partial charge in [0.1, 0.15) is 5.82 Å². The first-order valence-electron chi connectivity index (χ1n) is 5.56. The van der Waals surface area contributed by atoms with Crippen LogP contribution in [0.2, 0.25) is 0 Å². The molecule has 1 aromatic carbocycles. The summed E-state index contributed by atoms with van der Waals surface area (Å²) < 4.78 is 13.2. The van der Waals surface area contributed by atoms with E-state index < -0.39 is 5.82 Å². The number of anilines is 1. The molecule has 1 amide bonds. The lowest BCUT2D eigenvalue weighted by molar-refractivity contribution is 0.0755. The lowest BCUT2D eigenvalue weighted by Crippen LogP contribution is -2.32. The minimum absolute atomic E-state index is 0.0163. The summed E-state index contributed by atoms with van der Waals surface area (Å²) in [6, 6.07) is 4.18. The van der Waals surface area contributed by atoms with Crippen molar-refractivity contribution in [2.75, 3.05) is 25.4 Å². The zero-order valence-electron chi connectivity index (χ0n) is 9.82. The van der Waals surface area contributed by atoms with Crippen LogP contribution in [0.5, 0.6) is 0 Å². The molecular weight excluding hydrogens is 223 g/mol. The van der Waals surface area contributed by atoms with Crippen molar-refractivity contribution in [2.24, 2.45) is 0 Å². The fraction of sp³-hybridized carbons (Fsp3) is 0.417. The Morgan fingerprint density at radius 1 is 1.53 bits per heavy atom. The quantitative estimate of drug-likeness (QED) is 0.761. The van der Waals surface area contributed by atoms with Crippen LogP contribution in [-0.2, 0) is 0 Å². The van der Waals surface area contributed by atoms with Gasteiger partial charge in [-0.05, 0) is 25.5 Å². The second kappa shape index (κ2) is 6.20. The highest BCUT2D eigenvalue weighted by molar-refractivity contribution is 5.99. The molecule has 0 saturated heterocycles. The van der Waals surface area contributed by atoms with Crippen LogP contribution in [0.15, 0.2) is 18.2 Å². The molecule has 17 heavy (non-hydrogen) atoms. The number of hydrogen-bond acceptors (Lipinski definition) is 3. The average Bonchev–Trinajstić information content (AvgIpc) is 2.33. The summed E-state index contributed by atoms with van der Waals surface area (Å²) >= 11 is 0. The third-order valence-corrected chi connectivity index (χ3v) is 2.54. The Balaban J connectivity index is 2.90. The van der Waals surface area contributed by atoms with Gasteiger partial charge in [-0.3, -0.25) is 4.79 Å². The minimum atomic E-state index is -0.589. The normalized spacial score (nSPS) is 10.3. The molecule has 0 spiro atoms. The summed E-state index contributed by atoms with van der Waals surface area (Å²) in [5, 5.41) is 8.74. The van der Waals surface area contributed by atoms with Crippen molar-refractivity contribution in [3.8, 4) is 0 Å². The van der Waals surface area contributed by atoms with Gasteiger partial charge in [-0.25, -0.2) is 4.39 Å². The molecule has 0 aliphatic rings. The highest BCUT2D eigenvalue weighted by Crippen LogP contribution is 2.17. The first-order chi connectivity index (χ1) is 8.11.